The summed E-state index contributed by atoms with van der Waals surface area (Å²) in [6.07, 6.45) is 3.55. The molecule has 0 saturated carbocycles. The number of nitrogens with one attached hydrogen (secondary N) is 2. The molecule has 0 saturated heterocycles. The fourth-order valence-electron chi connectivity index (χ4n) is 1.83. The molecule has 0 unspecified atom stereocenters. The molecule has 0 aromatic carbocycles. The Bertz CT molecular complexity index is 572. The van der Waals surface area contributed by atoms with Gasteiger partial charge in [0.15, 0.2) is 11.6 Å². The van der Waals surface area contributed by atoms with Crippen LogP contribution in [0.4, 0.5) is 17.3 Å². The van der Waals surface area contributed by atoms with E-state index in [0.29, 0.717) is 30.3 Å². The summed E-state index contributed by atoms with van der Waals surface area (Å²) in [5.74, 6) is -0.143. The summed E-state index contributed by atoms with van der Waals surface area (Å²) in [5, 5.41) is 14.3. The van der Waals surface area contributed by atoms with Crippen LogP contribution in [0.3, 0.4) is 0 Å². The largest absolute Gasteiger partial charge is 0.481 e. The van der Waals surface area contributed by atoms with Crippen LogP contribution in [0.15, 0.2) is 11.6 Å². The average Bonchev–Trinajstić information content (AvgIpc) is 2.46. The van der Waals surface area contributed by atoms with Crippen molar-refractivity contribution in [2.24, 2.45) is 0 Å². The van der Waals surface area contributed by atoms with Crippen LogP contribution in [0, 0.1) is 0 Å². The number of carboxylic acid groups (broad SMARTS) is 1. The van der Waals surface area contributed by atoms with Crippen LogP contribution < -0.4 is 16.4 Å². The normalized spacial score (nSPS) is 11.1. The van der Waals surface area contributed by atoms with Crippen molar-refractivity contribution in [1.29, 1.82) is 0 Å². The summed E-state index contributed by atoms with van der Waals surface area (Å²) < 4.78 is 0. The molecule has 1 rings (SSSR count). The lowest BCUT2D eigenvalue weighted by atomic mass is 10.2. The lowest BCUT2D eigenvalue weighted by Gasteiger charge is -2.13. The summed E-state index contributed by atoms with van der Waals surface area (Å²) in [7, 11) is 0. The fourth-order valence-corrected chi connectivity index (χ4v) is 1.83. The number of nitrogens with zero attached hydrogens (tertiary/aromatic N) is 2. The number of aryl methyl sites for hydroxylation is 1. The molecule has 8 nitrogen and oxygen atoms in total. The van der Waals surface area contributed by atoms with Crippen LogP contribution in [-0.2, 0) is 16.0 Å². The van der Waals surface area contributed by atoms with Gasteiger partial charge in [0.2, 0.25) is 6.41 Å². The summed E-state index contributed by atoms with van der Waals surface area (Å²) in [6, 6.07) is 0. The van der Waals surface area contributed by atoms with E-state index >= 15 is 0 Å². The van der Waals surface area contributed by atoms with Gasteiger partial charge in [0.25, 0.3) is 0 Å². The van der Waals surface area contributed by atoms with E-state index in [1.807, 2.05) is 13.8 Å². The zero-order chi connectivity index (χ0) is 16.5. The van der Waals surface area contributed by atoms with Gasteiger partial charge in [-0.1, -0.05) is 18.6 Å². The second-order valence-electron chi connectivity index (χ2n) is 4.72. The first-order valence-corrected chi connectivity index (χ1v) is 6.95. The Morgan fingerprint density at radius 1 is 1.41 bits per heavy atom. The maximum Gasteiger partial charge on any atom is 0.303 e. The minimum atomic E-state index is -0.937. The second-order valence-corrected chi connectivity index (χ2v) is 4.72. The van der Waals surface area contributed by atoms with Gasteiger partial charge < -0.3 is 21.5 Å². The maximum absolute atomic E-state index is 10.7. The van der Waals surface area contributed by atoms with Crippen molar-refractivity contribution in [1.82, 2.24) is 9.97 Å². The quantitative estimate of drug-likeness (QED) is 0.401. The third-order valence-electron chi connectivity index (χ3n) is 2.84. The van der Waals surface area contributed by atoms with Gasteiger partial charge in [0.05, 0.1) is 6.42 Å². The lowest BCUT2D eigenvalue weighted by Crippen LogP contribution is -2.14. The zero-order valence-electron chi connectivity index (χ0n) is 12.7. The highest BCUT2D eigenvalue weighted by molar-refractivity contribution is 5.85. The van der Waals surface area contributed by atoms with Crippen LogP contribution in [0.1, 0.15) is 32.5 Å². The van der Waals surface area contributed by atoms with Gasteiger partial charge in [0.1, 0.15) is 11.5 Å². The predicted molar refractivity (Wildman–Crippen MR) is 84.6 cm³/mol. The van der Waals surface area contributed by atoms with Gasteiger partial charge in [-0.3, -0.25) is 9.59 Å². The number of anilines is 3. The Labute approximate surface area is 128 Å². The van der Waals surface area contributed by atoms with Gasteiger partial charge in [0, 0.05) is 13.0 Å². The molecule has 0 radical (unpaired) electrons. The molecule has 120 valence electrons. The monoisotopic (exact) mass is 307 g/mol. The minimum Gasteiger partial charge on any atom is -0.481 e. The number of carbonyl (C=O) groups is 2. The minimum absolute atomic E-state index is 0.0892. The number of aliphatic carboxylic acids is 1. The van der Waals surface area contributed by atoms with Crippen LogP contribution in [-0.4, -0.2) is 34.0 Å². The molecule has 22 heavy (non-hydrogen) atoms. The molecule has 1 aromatic rings. The first-order chi connectivity index (χ1) is 10.5. The Morgan fingerprint density at radius 2 is 2.14 bits per heavy atom. The van der Waals surface area contributed by atoms with Crippen molar-refractivity contribution >= 4 is 29.7 Å². The molecule has 1 aromatic heterocycles. The molecule has 1 heterocycles. The maximum atomic E-state index is 10.7. The zero-order valence-corrected chi connectivity index (χ0v) is 12.7. The van der Waals surface area contributed by atoms with E-state index in [1.165, 1.54) is 0 Å². The number of carbonyl (C=O) groups excluding carboxylic acids is 1. The number of allylic oxidation sites excluding steroid dienone is 1. The van der Waals surface area contributed by atoms with Crippen LogP contribution in [0.2, 0.25) is 0 Å². The molecular weight excluding hydrogens is 286 g/mol. The van der Waals surface area contributed by atoms with Crippen LogP contribution >= 0.6 is 0 Å². The van der Waals surface area contributed by atoms with E-state index in [1.54, 1.807) is 0 Å². The Morgan fingerprint density at radius 3 is 2.73 bits per heavy atom. The molecule has 0 atom stereocenters. The Balaban J connectivity index is 3.00. The Kier molecular flexibility index (Phi) is 6.81. The number of nitrogens with two attached hydrogens (primary N) is 1. The van der Waals surface area contributed by atoms with Crippen LogP contribution in [0.25, 0.3) is 0 Å². The summed E-state index contributed by atoms with van der Waals surface area (Å²) in [4.78, 5) is 29.6. The van der Waals surface area contributed by atoms with Gasteiger partial charge in [-0.2, -0.15) is 0 Å². The van der Waals surface area contributed by atoms with E-state index in [4.69, 9.17) is 10.8 Å². The van der Waals surface area contributed by atoms with Crippen molar-refractivity contribution in [3.05, 3.63) is 17.5 Å². The molecular formula is C14H21N5O3. The van der Waals surface area contributed by atoms with Gasteiger partial charge in [-0.05, 0) is 13.3 Å². The van der Waals surface area contributed by atoms with Crippen molar-refractivity contribution in [3.63, 3.8) is 0 Å². The van der Waals surface area contributed by atoms with Crippen molar-refractivity contribution in [3.8, 4) is 0 Å². The third kappa shape index (κ3) is 5.39. The highest BCUT2D eigenvalue weighted by Gasteiger charge is 2.13. The standard InChI is InChI=1S/C14H21N5O3/c1-3-4-9(2)7-16-14-12(17-8-20)13(15)18-10(19-14)5-6-11(21)22/h4,8H,3,5-7H2,1-2H3,(H,17,20)(H,21,22)(H3,15,16,18,19)/b9-4+. The lowest BCUT2D eigenvalue weighted by molar-refractivity contribution is -0.137. The van der Waals surface area contributed by atoms with Crippen LogP contribution in [0.5, 0.6) is 0 Å². The average molecular weight is 307 g/mol. The SMILES string of the molecule is CC/C=C(\C)CNc1nc(CCC(=O)O)nc(N)c1NC=O. The second kappa shape index (κ2) is 8.60. The van der Waals surface area contributed by atoms with E-state index in [-0.39, 0.29) is 18.7 Å². The first-order valence-electron chi connectivity index (χ1n) is 6.95. The number of carboxylic acids is 1. The molecule has 5 N–H and O–H groups in total. The summed E-state index contributed by atoms with van der Waals surface area (Å²) in [5.41, 5.74) is 7.21. The topological polar surface area (TPSA) is 130 Å². The van der Waals surface area contributed by atoms with Crippen molar-refractivity contribution < 1.29 is 14.7 Å². The number of nitrogen functional groups attached to an aromatic ring is 1. The number of aromatic nitrogens is 2. The molecule has 0 aliphatic carbocycles. The number of amides is 1. The molecule has 0 fully saturated rings. The van der Waals surface area contributed by atoms with E-state index in [9.17, 15) is 9.59 Å². The molecule has 1 amide bonds. The highest BCUT2D eigenvalue weighted by Crippen LogP contribution is 2.25. The smallest absolute Gasteiger partial charge is 0.303 e. The molecule has 8 heteroatoms. The fraction of sp³-hybridized carbons (Fsp3) is 0.429. The van der Waals surface area contributed by atoms with E-state index in [2.05, 4.69) is 26.7 Å². The summed E-state index contributed by atoms with van der Waals surface area (Å²) >= 11 is 0. The molecule has 0 bridgehead atoms. The number of rotatable bonds is 9. The molecule has 0 aliphatic rings. The molecule has 0 spiro atoms. The van der Waals surface area contributed by atoms with E-state index in [0.717, 1.165) is 12.0 Å². The molecule has 0 aliphatic heterocycles. The summed E-state index contributed by atoms with van der Waals surface area (Å²) in [6.45, 7) is 4.55. The predicted octanol–water partition coefficient (Wildman–Crippen LogP) is 1.41. The Hall–Kier alpha value is -2.64. The third-order valence-corrected chi connectivity index (χ3v) is 2.84. The van der Waals surface area contributed by atoms with Gasteiger partial charge in [-0.25, -0.2) is 9.97 Å². The van der Waals surface area contributed by atoms with Crippen molar-refractivity contribution in [2.45, 2.75) is 33.1 Å². The number of hydrogen-bond acceptors (Lipinski definition) is 6. The van der Waals surface area contributed by atoms with E-state index < -0.39 is 5.97 Å². The highest BCUT2D eigenvalue weighted by atomic mass is 16.4. The van der Waals surface area contributed by atoms with Crippen molar-refractivity contribution in [2.75, 3.05) is 22.9 Å². The van der Waals surface area contributed by atoms with Gasteiger partial charge in [-0.15, -0.1) is 0 Å². The van der Waals surface area contributed by atoms with Gasteiger partial charge >= 0.3 is 5.97 Å². The first kappa shape index (κ1) is 17.4. The number of hydrogen-bond donors (Lipinski definition) is 4.